The van der Waals surface area contributed by atoms with Crippen molar-refractivity contribution in [3.05, 3.63) is 34.3 Å². The van der Waals surface area contributed by atoms with E-state index in [0.29, 0.717) is 6.04 Å². The lowest BCUT2D eigenvalue weighted by Crippen LogP contribution is -2.36. The molecule has 14 heavy (non-hydrogen) atoms. The average molecular weight is 212 g/mol. The van der Waals surface area contributed by atoms with Gasteiger partial charge >= 0.3 is 0 Å². The quantitative estimate of drug-likeness (QED) is 0.781. The lowest BCUT2D eigenvalue weighted by Gasteiger charge is -2.25. The molecule has 1 aliphatic rings. The van der Waals surface area contributed by atoms with Crippen LogP contribution < -0.4 is 5.32 Å². The number of benzene rings is 1. The molecule has 2 N–H and O–H groups in total. The minimum Gasteiger partial charge on any atom is -0.396 e. The summed E-state index contributed by atoms with van der Waals surface area (Å²) in [5.41, 5.74) is 2.64. The number of aliphatic hydroxyl groups is 1. The highest BCUT2D eigenvalue weighted by Gasteiger charge is 2.17. The molecule has 1 aromatic carbocycles. The highest BCUT2D eigenvalue weighted by Crippen LogP contribution is 2.21. The number of rotatable bonds is 2. The maximum Gasteiger partial charge on any atom is 0.0445 e. The van der Waals surface area contributed by atoms with E-state index in [1.54, 1.807) is 0 Å². The minimum absolute atomic E-state index is 0.244. The van der Waals surface area contributed by atoms with E-state index in [9.17, 15) is 0 Å². The highest BCUT2D eigenvalue weighted by atomic mass is 35.5. The van der Waals surface area contributed by atoms with Gasteiger partial charge in [0.25, 0.3) is 0 Å². The van der Waals surface area contributed by atoms with Gasteiger partial charge in [-0.3, -0.25) is 0 Å². The summed E-state index contributed by atoms with van der Waals surface area (Å²) in [7, 11) is 0. The van der Waals surface area contributed by atoms with Gasteiger partial charge in [0.1, 0.15) is 0 Å². The second kappa shape index (κ2) is 4.30. The third-order valence-electron chi connectivity index (χ3n) is 2.69. The Morgan fingerprint density at radius 3 is 3.07 bits per heavy atom. The zero-order chi connectivity index (χ0) is 9.97. The van der Waals surface area contributed by atoms with Gasteiger partial charge in [-0.15, -0.1) is 0 Å². The highest BCUT2D eigenvalue weighted by molar-refractivity contribution is 6.30. The normalized spacial score (nSPS) is 20.6. The molecule has 0 aromatic heterocycles. The van der Waals surface area contributed by atoms with Crippen LogP contribution in [-0.2, 0) is 13.0 Å². The third kappa shape index (κ3) is 2.08. The van der Waals surface area contributed by atoms with E-state index < -0.39 is 0 Å². The zero-order valence-electron chi connectivity index (χ0n) is 7.96. The van der Waals surface area contributed by atoms with Crippen molar-refractivity contribution >= 4 is 11.6 Å². The predicted octanol–water partition coefficient (Wildman–Crippen LogP) is 1.74. The van der Waals surface area contributed by atoms with Gasteiger partial charge in [0.15, 0.2) is 0 Å². The summed E-state index contributed by atoms with van der Waals surface area (Å²) in [5, 5.41) is 13.0. The molecular weight excluding hydrogens is 198 g/mol. The van der Waals surface area contributed by atoms with Crippen LogP contribution in [0, 0.1) is 0 Å². The summed E-state index contributed by atoms with van der Waals surface area (Å²) in [5.74, 6) is 0. The van der Waals surface area contributed by atoms with Crippen molar-refractivity contribution in [2.75, 3.05) is 6.61 Å². The lowest BCUT2D eigenvalue weighted by atomic mass is 9.94. The second-order valence-corrected chi connectivity index (χ2v) is 4.14. The monoisotopic (exact) mass is 211 g/mol. The van der Waals surface area contributed by atoms with Crippen molar-refractivity contribution in [3.63, 3.8) is 0 Å². The molecule has 0 radical (unpaired) electrons. The third-order valence-corrected chi connectivity index (χ3v) is 2.93. The molecule has 0 aliphatic carbocycles. The topological polar surface area (TPSA) is 32.3 Å². The standard InChI is InChI=1S/C11H14ClNO/c12-10-2-1-8-7-13-11(3-4-14)6-9(8)5-10/h1-2,5,11,13-14H,3-4,6-7H2. The van der Waals surface area contributed by atoms with Gasteiger partial charge in [0, 0.05) is 24.2 Å². The number of nitrogens with one attached hydrogen (secondary N) is 1. The van der Waals surface area contributed by atoms with E-state index in [1.807, 2.05) is 12.1 Å². The van der Waals surface area contributed by atoms with Crippen LogP contribution in [0.2, 0.25) is 5.02 Å². The fraction of sp³-hybridized carbons (Fsp3) is 0.455. The maximum absolute atomic E-state index is 8.86. The fourth-order valence-corrected chi connectivity index (χ4v) is 2.10. The Hall–Kier alpha value is -0.570. The Balaban J connectivity index is 2.16. The van der Waals surface area contributed by atoms with Crippen LogP contribution in [0.3, 0.4) is 0 Å². The Morgan fingerprint density at radius 1 is 1.43 bits per heavy atom. The van der Waals surface area contributed by atoms with Crippen molar-refractivity contribution < 1.29 is 5.11 Å². The SMILES string of the molecule is OCCC1Cc2cc(Cl)ccc2CN1. The maximum atomic E-state index is 8.86. The summed E-state index contributed by atoms with van der Waals surface area (Å²) >= 11 is 5.93. The van der Waals surface area contributed by atoms with Crippen molar-refractivity contribution in [2.24, 2.45) is 0 Å². The van der Waals surface area contributed by atoms with Crippen LogP contribution in [0.25, 0.3) is 0 Å². The minimum atomic E-state index is 0.244. The van der Waals surface area contributed by atoms with Crippen LogP contribution >= 0.6 is 11.6 Å². The molecule has 0 fully saturated rings. The summed E-state index contributed by atoms with van der Waals surface area (Å²) in [6.07, 6.45) is 1.78. The average Bonchev–Trinajstić information content (AvgIpc) is 2.17. The van der Waals surface area contributed by atoms with E-state index in [-0.39, 0.29) is 6.61 Å². The summed E-state index contributed by atoms with van der Waals surface area (Å²) < 4.78 is 0. The van der Waals surface area contributed by atoms with Gasteiger partial charge in [-0.2, -0.15) is 0 Å². The molecule has 76 valence electrons. The molecule has 0 saturated heterocycles. The van der Waals surface area contributed by atoms with Gasteiger partial charge in [0.2, 0.25) is 0 Å². The number of fused-ring (bicyclic) bond motifs is 1. The Labute approximate surface area is 88.9 Å². The molecule has 1 heterocycles. The van der Waals surface area contributed by atoms with Crippen LogP contribution in [0.1, 0.15) is 17.5 Å². The van der Waals surface area contributed by atoms with Crippen molar-refractivity contribution in [3.8, 4) is 0 Å². The number of hydrogen-bond donors (Lipinski definition) is 2. The van der Waals surface area contributed by atoms with Gasteiger partial charge in [0.05, 0.1) is 0 Å². The molecule has 3 heteroatoms. The first-order valence-electron chi connectivity index (χ1n) is 4.91. The number of halogens is 1. The first-order valence-corrected chi connectivity index (χ1v) is 5.29. The van der Waals surface area contributed by atoms with E-state index in [1.165, 1.54) is 11.1 Å². The van der Waals surface area contributed by atoms with Crippen LogP contribution in [0.15, 0.2) is 18.2 Å². The van der Waals surface area contributed by atoms with Gasteiger partial charge in [-0.1, -0.05) is 17.7 Å². The Kier molecular flexibility index (Phi) is 3.06. The molecule has 1 unspecified atom stereocenters. The van der Waals surface area contributed by atoms with Crippen molar-refractivity contribution in [1.29, 1.82) is 0 Å². The summed E-state index contributed by atoms with van der Waals surface area (Å²) in [6, 6.07) is 6.42. The molecule has 2 nitrogen and oxygen atoms in total. The van der Waals surface area contributed by atoms with Crippen LogP contribution in [0.4, 0.5) is 0 Å². The van der Waals surface area contributed by atoms with E-state index >= 15 is 0 Å². The molecule has 0 bridgehead atoms. The molecule has 1 atom stereocenters. The van der Waals surface area contributed by atoms with Gasteiger partial charge in [-0.25, -0.2) is 0 Å². The fourth-order valence-electron chi connectivity index (χ4n) is 1.91. The summed E-state index contributed by atoms with van der Waals surface area (Å²) in [6.45, 7) is 1.13. The van der Waals surface area contributed by atoms with E-state index in [2.05, 4.69) is 11.4 Å². The second-order valence-electron chi connectivity index (χ2n) is 3.71. The lowest BCUT2D eigenvalue weighted by molar-refractivity contribution is 0.260. The molecule has 0 spiro atoms. The first kappa shape index (κ1) is 9.97. The van der Waals surface area contributed by atoms with Gasteiger partial charge in [-0.05, 0) is 36.1 Å². The van der Waals surface area contributed by atoms with Gasteiger partial charge < -0.3 is 10.4 Å². The zero-order valence-corrected chi connectivity index (χ0v) is 8.72. The number of aliphatic hydroxyl groups excluding tert-OH is 1. The first-order chi connectivity index (χ1) is 6.79. The molecule has 2 rings (SSSR count). The molecule has 0 saturated carbocycles. The Bertz CT molecular complexity index is 327. The van der Waals surface area contributed by atoms with Crippen LogP contribution in [-0.4, -0.2) is 17.8 Å². The van der Waals surface area contributed by atoms with Crippen LogP contribution in [0.5, 0.6) is 0 Å². The van der Waals surface area contributed by atoms with E-state index in [0.717, 1.165) is 24.4 Å². The summed E-state index contributed by atoms with van der Waals surface area (Å²) in [4.78, 5) is 0. The smallest absolute Gasteiger partial charge is 0.0445 e. The van der Waals surface area contributed by atoms with Crippen molar-refractivity contribution in [1.82, 2.24) is 5.32 Å². The van der Waals surface area contributed by atoms with Crippen molar-refractivity contribution in [2.45, 2.75) is 25.4 Å². The Morgan fingerprint density at radius 2 is 2.29 bits per heavy atom. The molecule has 1 aromatic rings. The number of hydrogen-bond acceptors (Lipinski definition) is 2. The molecular formula is C11H14ClNO. The molecule has 0 amide bonds. The van der Waals surface area contributed by atoms with E-state index in [4.69, 9.17) is 16.7 Å². The predicted molar refractivity (Wildman–Crippen MR) is 57.5 cm³/mol. The largest absolute Gasteiger partial charge is 0.396 e. The molecule has 1 aliphatic heterocycles.